The van der Waals surface area contributed by atoms with E-state index in [4.69, 9.17) is 4.98 Å². The first-order valence-electron chi connectivity index (χ1n) is 7.38. The molecule has 0 amide bonds. The van der Waals surface area contributed by atoms with Crippen LogP contribution in [0.2, 0.25) is 0 Å². The molecule has 0 saturated carbocycles. The summed E-state index contributed by atoms with van der Waals surface area (Å²) in [6.45, 7) is 14.6. The van der Waals surface area contributed by atoms with Crippen LogP contribution in [-0.4, -0.2) is 24.6 Å². The van der Waals surface area contributed by atoms with Crippen LogP contribution >= 0.6 is 11.3 Å². The van der Waals surface area contributed by atoms with E-state index in [-0.39, 0.29) is 0 Å². The van der Waals surface area contributed by atoms with Crippen molar-refractivity contribution < 1.29 is 0 Å². The number of hydrogen-bond donors (Lipinski definition) is 1. The molecule has 0 aromatic carbocycles. The number of rotatable bonds is 4. The number of anilines is 1. The van der Waals surface area contributed by atoms with Crippen molar-refractivity contribution in [1.29, 1.82) is 0 Å². The molecule has 0 radical (unpaired) electrons. The van der Waals surface area contributed by atoms with Crippen LogP contribution in [0.1, 0.15) is 57.1 Å². The SMILES string of the molecule is CCNC(C)c1sc(N2CCC(C)(C)CC2)nc1C. The molecule has 1 aromatic heterocycles. The van der Waals surface area contributed by atoms with Gasteiger partial charge in [0.25, 0.3) is 0 Å². The molecule has 1 saturated heterocycles. The van der Waals surface area contributed by atoms with E-state index in [1.807, 2.05) is 11.3 Å². The summed E-state index contributed by atoms with van der Waals surface area (Å²) in [6.07, 6.45) is 2.54. The van der Waals surface area contributed by atoms with E-state index in [0.717, 1.165) is 19.6 Å². The summed E-state index contributed by atoms with van der Waals surface area (Å²) >= 11 is 1.87. The zero-order chi connectivity index (χ0) is 14.0. The lowest BCUT2D eigenvalue weighted by atomic mass is 9.83. The molecule has 1 aliphatic rings. The van der Waals surface area contributed by atoms with E-state index in [2.05, 4.69) is 44.8 Å². The monoisotopic (exact) mass is 281 g/mol. The van der Waals surface area contributed by atoms with Crippen molar-refractivity contribution >= 4 is 16.5 Å². The van der Waals surface area contributed by atoms with Gasteiger partial charge in [-0.05, 0) is 38.6 Å². The Morgan fingerprint density at radius 2 is 2.00 bits per heavy atom. The van der Waals surface area contributed by atoms with Crippen LogP contribution in [0.3, 0.4) is 0 Å². The van der Waals surface area contributed by atoms with Gasteiger partial charge in [-0.2, -0.15) is 0 Å². The van der Waals surface area contributed by atoms with Crippen molar-refractivity contribution in [1.82, 2.24) is 10.3 Å². The summed E-state index contributed by atoms with van der Waals surface area (Å²) in [6, 6.07) is 0.414. The van der Waals surface area contributed by atoms with E-state index in [1.165, 1.54) is 28.5 Å². The molecule has 0 aliphatic carbocycles. The van der Waals surface area contributed by atoms with Gasteiger partial charge in [0, 0.05) is 24.0 Å². The Morgan fingerprint density at radius 3 is 2.58 bits per heavy atom. The van der Waals surface area contributed by atoms with Gasteiger partial charge >= 0.3 is 0 Å². The zero-order valence-corrected chi connectivity index (χ0v) is 13.7. The molecule has 1 aromatic rings. The number of hydrogen-bond acceptors (Lipinski definition) is 4. The highest BCUT2D eigenvalue weighted by Crippen LogP contribution is 2.36. The van der Waals surface area contributed by atoms with Crippen LogP contribution in [-0.2, 0) is 0 Å². The molecule has 3 nitrogen and oxygen atoms in total. The normalized spacial score (nSPS) is 20.6. The van der Waals surface area contributed by atoms with Crippen LogP contribution in [0.4, 0.5) is 5.13 Å². The molecule has 2 heterocycles. The number of aryl methyl sites for hydroxylation is 1. The van der Waals surface area contributed by atoms with E-state index in [1.54, 1.807) is 0 Å². The van der Waals surface area contributed by atoms with Gasteiger partial charge in [-0.15, -0.1) is 11.3 Å². The molecule has 19 heavy (non-hydrogen) atoms. The smallest absolute Gasteiger partial charge is 0.185 e. The lowest BCUT2D eigenvalue weighted by Crippen LogP contribution is -2.37. The number of aromatic nitrogens is 1. The highest BCUT2D eigenvalue weighted by atomic mass is 32.1. The molecule has 0 spiro atoms. The summed E-state index contributed by atoms with van der Waals surface area (Å²) in [4.78, 5) is 8.64. The minimum absolute atomic E-state index is 0.414. The second-order valence-electron chi connectivity index (χ2n) is 6.38. The third-order valence-corrected chi connectivity index (χ3v) is 5.51. The van der Waals surface area contributed by atoms with Gasteiger partial charge in [-0.1, -0.05) is 20.8 Å². The van der Waals surface area contributed by atoms with E-state index in [0.29, 0.717) is 11.5 Å². The van der Waals surface area contributed by atoms with Gasteiger partial charge in [0.1, 0.15) is 0 Å². The van der Waals surface area contributed by atoms with Crippen molar-refractivity contribution in [3.63, 3.8) is 0 Å². The highest BCUT2D eigenvalue weighted by molar-refractivity contribution is 7.15. The first-order valence-corrected chi connectivity index (χ1v) is 8.20. The lowest BCUT2D eigenvalue weighted by molar-refractivity contribution is 0.279. The summed E-state index contributed by atoms with van der Waals surface area (Å²) in [5, 5.41) is 4.70. The molecular formula is C15H27N3S. The largest absolute Gasteiger partial charge is 0.348 e. The molecule has 4 heteroatoms. The third-order valence-electron chi connectivity index (χ3n) is 4.11. The fraction of sp³-hybridized carbons (Fsp3) is 0.800. The maximum Gasteiger partial charge on any atom is 0.185 e. The third kappa shape index (κ3) is 3.48. The summed E-state index contributed by atoms with van der Waals surface area (Å²) < 4.78 is 0. The summed E-state index contributed by atoms with van der Waals surface area (Å²) in [5.41, 5.74) is 1.70. The van der Waals surface area contributed by atoms with Crippen LogP contribution < -0.4 is 10.2 Å². The van der Waals surface area contributed by atoms with Crippen molar-refractivity contribution in [3.05, 3.63) is 10.6 Å². The first-order chi connectivity index (χ1) is 8.93. The van der Waals surface area contributed by atoms with Gasteiger partial charge < -0.3 is 10.2 Å². The van der Waals surface area contributed by atoms with Crippen molar-refractivity contribution in [3.8, 4) is 0 Å². The van der Waals surface area contributed by atoms with Gasteiger partial charge in [-0.3, -0.25) is 0 Å². The number of thiazole rings is 1. The average molecular weight is 281 g/mol. The molecule has 1 N–H and O–H groups in total. The molecular weight excluding hydrogens is 254 g/mol. The zero-order valence-electron chi connectivity index (χ0n) is 12.9. The summed E-state index contributed by atoms with van der Waals surface area (Å²) in [7, 11) is 0. The Kier molecular flexibility index (Phi) is 4.51. The Hall–Kier alpha value is -0.610. The van der Waals surface area contributed by atoms with E-state index in [9.17, 15) is 0 Å². The predicted octanol–water partition coefficient (Wildman–Crippen LogP) is 3.75. The van der Waals surface area contributed by atoms with Gasteiger partial charge in [0.15, 0.2) is 5.13 Å². The molecule has 1 atom stereocenters. The highest BCUT2D eigenvalue weighted by Gasteiger charge is 2.27. The number of nitrogens with one attached hydrogen (secondary N) is 1. The molecule has 108 valence electrons. The first kappa shape index (κ1) is 14.8. The van der Waals surface area contributed by atoms with E-state index < -0.39 is 0 Å². The molecule has 1 aliphatic heterocycles. The molecule has 0 bridgehead atoms. The lowest BCUT2D eigenvalue weighted by Gasteiger charge is -2.36. The second-order valence-corrected chi connectivity index (χ2v) is 7.39. The number of nitrogens with zero attached hydrogens (tertiary/aromatic N) is 2. The molecule has 1 fully saturated rings. The van der Waals surface area contributed by atoms with Gasteiger partial charge in [0.2, 0.25) is 0 Å². The van der Waals surface area contributed by atoms with Gasteiger partial charge in [-0.25, -0.2) is 4.98 Å². The average Bonchev–Trinajstić information content (AvgIpc) is 2.71. The van der Waals surface area contributed by atoms with Crippen molar-refractivity contribution in [2.24, 2.45) is 5.41 Å². The topological polar surface area (TPSA) is 28.2 Å². The molecule has 1 unspecified atom stereocenters. The minimum Gasteiger partial charge on any atom is -0.348 e. The molecule has 2 rings (SSSR count). The minimum atomic E-state index is 0.414. The maximum absolute atomic E-state index is 4.79. The van der Waals surface area contributed by atoms with Crippen molar-refractivity contribution in [2.45, 2.75) is 53.5 Å². The second kappa shape index (κ2) is 5.80. The summed E-state index contributed by atoms with van der Waals surface area (Å²) in [5.74, 6) is 0. The number of piperidine rings is 1. The Balaban J connectivity index is 2.08. The van der Waals surface area contributed by atoms with E-state index >= 15 is 0 Å². The Morgan fingerprint density at radius 1 is 1.37 bits per heavy atom. The fourth-order valence-corrected chi connectivity index (χ4v) is 3.78. The van der Waals surface area contributed by atoms with Crippen LogP contribution in [0.25, 0.3) is 0 Å². The quantitative estimate of drug-likeness (QED) is 0.911. The standard InChI is InChI=1S/C15H27N3S/c1-6-16-11(2)13-12(3)17-14(19-13)18-9-7-15(4,5)8-10-18/h11,16H,6-10H2,1-5H3. The Labute approximate surface area is 121 Å². The van der Waals surface area contributed by atoms with Crippen LogP contribution in [0.5, 0.6) is 0 Å². The van der Waals surface area contributed by atoms with Crippen LogP contribution in [0, 0.1) is 12.3 Å². The van der Waals surface area contributed by atoms with Crippen LogP contribution in [0.15, 0.2) is 0 Å². The van der Waals surface area contributed by atoms with Crippen molar-refractivity contribution in [2.75, 3.05) is 24.5 Å². The Bertz CT molecular complexity index is 415. The van der Waals surface area contributed by atoms with Gasteiger partial charge in [0.05, 0.1) is 5.69 Å². The fourth-order valence-electron chi connectivity index (χ4n) is 2.63. The predicted molar refractivity (Wildman–Crippen MR) is 84.2 cm³/mol. The maximum atomic E-state index is 4.79.